The molecule has 15 heavy (non-hydrogen) atoms. The number of ether oxygens (including phenoxy) is 1. The van der Waals surface area contributed by atoms with Gasteiger partial charge in [0.1, 0.15) is 6.29 Å². The molecular weight excluding hydrogens is 196 g/mol. The molecule has 0 saturated carbocycles. The van der Waals surface area contributed by atoms with Crippen LogP contribution in [0.4, 0.5) is 0 Å². The fourth-order valence-electron chi connectivity index (χ4n) is 1.12. The predicted octanol–water partition coefficient (Wildman–Crippen LogP) is 0.975. The van der Waals surface area contributed by atoms with E-state index in [0.717, 1.165) is 0 Å². The van der Waals surface area contributed by atoms with Crippen LogP contribution in [0.5, 0.6) is 11.5 Å². The highest BCUT2D eigenvalue weighted by Gasteiger charge is 2.01. The number of carbonyl (C=O) groups excluding carboxylic acids is 1. The summed E-state index contributed by atoms with van der Waals surface area (Å²) in [7, 11) is 1.44. The molecule has 0 radical (unpaired) electrons. The van der Waals surface area contributed by atoms with Crippen LogP contribution < -0.4 is 4.74 Å². The monoisotopic (exact) mass is 208 g/mol. The molecule has 0 bridgehead atoms. The van der Waals surface area contributed by atoms with Gasteiger partial charge in [-0.25, -0.2) is 0 Å². The standard InChI is InChI=1S/C11H12O4/c1-15-11-5-8(2-3-10(11)14)4-9(6-12)7-13/h2-6,13-14H,7H2,1H3/b9-4+. The van der Waals surface area contributed by atoms with Crippen molar-refractivity contribution in [3.63, 3.8) is 0 Å². The van der Waals surface area contributed by atoms with Gasteiger partial charge in [0.2, 0.25) is 0 Å². The first kappa shape index (κ1) is 11.3. The normalized spacial score (nSPS) is 11.2. The van der Waals surface area contributed by atoms with Crippen molar-refractivity contribution in [2.75, 3.05) is 13.7 Å². The average molecular weight is 208 g/mol. The molecule has 0 unspecified atom stereocenters. The number of aromatic hydroxyl groups is 1. The van der Waals surface area contributed by atoms with Crippen molar-refractivity contribution >= 4 is 12.4 Å². The minimum atomic E-state index is -0.313. The van der Waals surface area contributed by atoms with Gasteiger partial charge < -0.3 is 14.9 Å². The Kier molecular flexibility index (Phi) is 3.88. The predicted molar refractivity (Wildman–Crippen MR) is 55.8 cm³/mol. The van der Waals surface area contributed by atoms with Crippen LogP contribution in [0, 0.1) is 0 Å². The first-order valence-corrected chi connectivity index (χ1v) is 4.35. The second-order valence-electron chi connectivity index (χ2n) is 2.93. The lowest BCUT2D eigenvalue weighted by molar-refractivity contribution is -0.105. The zero-order chi connectivity index (χ0) is 11.3. The van der Waals surface area contributed by atoms with Crippen molar-refractivity contribution in [2.45, 2.75) is 0 Å². The molecule has 1 aromatic carbocycles. The molecule has 1 aromatic rings. The molecule has 0 aliphatic rings. The van der Waals surface area contributed by atoms with E-state index < -0.39 is 0 Å². The highest BCUT2D eigenvalue weighted by molar-refractivity contribution is 5.82. The van der Waals surface area contributed by atoms with Crippen LogP contribution in [-0.4, -0.2) is 30.2 Å². The molecule has 2 N–H and O–H groups in total. The summed E-state index contributed by atoms with van der Waals surface area (Å²) in [5, 5.41) is 18.1. The topological polar surface area (TPSA) is 66.8 Å². The van der Waals surface area contributed by atoms with E-state index in [4.69, 9.17) is 9.84 Å². The number of rotatable bonds is 4. The third-order valence-electron chi connectivity index (χ3n) is 1.89. The molecule has 0 heterocycles. The van der Waals surface area contributed by atoms with Gasteiger partial charge in [-0.05, 0) is 23.8 Å². The van der Waals surface area contributed by atoms with Crippen LogP contribution in [0.25, 0.3) is 6.08 Å². The summed E-state index contributed by atoms with van der Waals surface area (Å²) in [6.45, 7) is -0.313. The van der Waals surface area contributed by atoms with Crippen molar-refractivity contribution in [1.82, 2.24) is 0 Å². The number of benzene rings is 1. The second kappa shape index (κ2) is 5.17. The van der Waals surface area contributed by atoms with Gasteiger partial charge in [-0.1, -0.05) is 6.07 Å². The smallest absolute Gasteiger partial charge is 0.161 e. The van der Waals surface area contributed by atoms with Crippen molar-refractivity contribution < 1.29 is 19.7 Å². The maximum absolute atomic E-state index is 10.5. The summed E-state index contributed by atoms with van der Waals surface area (Å²) in [6, 6.07) is 4.66. The summed E-state index contributed by atoms with van der Waals surface area (Å²) in [6.07, 6.45) is 2.11. The average Bonchev–Trinajstić information content (AvgIpc) is 2.28. The van der Waals surface area contributed by atoms with E-state index in [2.05, 4.69) is 0 Å². The molecule has 4 heteroatoms. The Morgan fingerprint density at radius 2 is 2.27 bits per heavy atom. The van der Waals surface area contributed by atoms with E-state index in [0.29, 0.717) is 17.6 Å². The Morgan fingerprint density at radius 1 is 1.53 bits per heavy atom. The van der Waals surface area contributed by atoms with Gasteiger partial charge in [0, 0.05) is 5.57 Å². The van der Waals surface area contributed by atoms with E-state index in [9.17, 15) is 9.90 Å². The van der Waals surface area contributed by atoms with Crippen LogP contribution in [0.2, 0.25) is 0 Å². The van der Waals surface area contributed by atoms with Crippen molar-refractivity contribution in [3.05, 3.63) is 29.3 Å². The third-order valence-corrected chi connectivity index (χ3v) is 1.89. The summed E-state index contributed by atoms with van der Waals surface area (Å²) in [4.78, 5) is 10.5. The molecular formula is C11H12O4. The molecule has 0 aliphatic heterocycles. The van der Waals surface area contributed by atoms with Gasteiger partial charge in [0.05, 0.1) is 13.7 Å². The number of hydrogen-bond acceptors (Lipinski definition) is 4. The molecule has 0 fully saturated rings. The van der Waals surface area contributed by atoms with Crippen molar-refractivity contribution in [3.8, 4) is 11.5 Å². The fourth-order valence-corrected chi connectivity index (χ4v) is 1.12. The van der Waals surface area contributed by atoms with Crippen LogP contribution in [0.1, 0.15) is 5.56 Å². The van der Waals surface area contributed by atoms with Crippen LogP contribution in [0.15, 0.2) is 23.8 Å². The number of aliphatic hydroxyl groups is 1. The van der Waals surface area contributed by atoms with Gasteiger partial charge >= 0.3 is 0 Å². The maximum atomic E-state index is 10.5. The fraction of sp³-hybridized carbons (Fsp3) is 0.182. The first-order chi connectivity index (χ1) is 7.21. The highest BCUT2D eigenvalue weighted by atomic mass is 16.5. The van der Waals surface area contributed by atoms with Gasteiger partial charge in [-0.3, -0.25) is 4.79 Å². The van der Waals surface area contributed by atoms with E-state index in [1.165, 1.54) is 19.3 Å². The molecule has 80 valence electrons. The minimum Gasteiger partial charge on any atom is -0.504 e. The van der Waals surface area contributed by atoms with Gasteiger partial charge in [-0.2, -0.15) is 0 Å². The summed E-state index contributed by atoms with van der Waals surface area (Å²) in [5.41, 5.74) is 0.948. The molecule has 0 aromatic heterocycles. The van der Waals surface area contributed by atoms with Gasteiger partial charge in [0.25, 0.3) is 0 Å². The number of methoxy groups -OCH3 is 1. The van der Waals surface area contributed by atoms with E-state index >= 15 is 0 Å². The molecule has 0 saturated heterocycles. The number of aldehydes is 1. The third kappa shape index (κ3) is 2.82. The zero-order valence-electron chi connectivity index (χ0n) is 8.30. The number of carbonyl (C=O) groups is 1. The van der Waals surface area contributed by atoms with Crippen LogP contribution in [-0.2, 0) is 4.79 Å². The van der Waals surface area contributed by atoms with Crippen LogP contribution >= 0.6 is 0 Å². The summed E-state index contributed by atoms with van der Waals surface area (Å²) >= 11 is 0. The lowest BCUT2D eigenvalue weighted by Crippen LogP contribution is -1.91. The number of aliphatic hydroxyl groups excluding tert-OH is 1. The molecule has 4 nitrogen and oxygen atoms in total. The van der Waals surface area contributed by atoms with Crippen molar-refractivity contribution in [1.29, 1.82) is 0 Å². The summed E-state index contributed by atoms with van der Waals surface area (Å²) < 4.78 is 4.90. The van der Waals surface area contributed by atoms with E-state index in [1.807, 2.05) is 0 Å². The van der Waals surface area contributed by atoms with Gasteiger partial charge in [-0.15, -0.1) is 0 Å². The first-order valence-electron chi connectivity index (χ1n) is 4.35. The molecule has 0 amide bonds. The Labute approximate surface area is 87.4 Å². The Balaban J connectivity index is 3.06. The lowest BCUT2D eigenvalue weighted by atomic mass is 10.1. The molecule has 0 aliphatic carbocycles. The maximum Gasteiger partial charge on any atom is 0.161 e. The number of phenolic OH excluding ortho intramolecular Hbond substituents is 1. The number of hydrogen-bond donors (Lipinski definition) is 2. The minimum absolute atomic E-state index is 0.0336. The highest BCUT2D eigenvalue weighted by Crippen LogP contribution is 2.26. The van der Waals surface area contributed by atoms with Crippen molar-refractivity contribution in [2.24, 2.45) is 0 Å². The largest absolute Gasteiger partial charge is 0.504 e. The number of phenols is 1. The van der Waals surface area contributed by atoms with E-state index in [1.54, 1.807) is 12.1 Å². The molecule has 1 rings (SSSR count). The lowest BCUT2D eigenvalue weighted by Gasteiger charge is -2.04. The Bertz CT molecular complexity index is 382. The Hall–Kier alpha value is -1.81. The Morgan fingerprint density at radius 3 is 2.80 bits per heavy atom. The molecule has 0 atom stereocenters. The molecule has 0 spiro atoms. The summed E-state index contributed by atoms with van der Waals surface area (Å²) in [5.74, 6) is 0.359. The second-order valence-corrected chi connectivity index (χ2v) is 2.93. The SMILES string of the molecule is COc1cc(/C=C(\C=O)CO)ccc1O. The van der Waals surface area contributed by atoms with E-state index in [-0.39, 0.29) is 17.9 Å². The zero-order valence-corrected chi connectivity index (χ0v) is 8.30. The van der Waals surface area contributed by atoms with Gasteiger partial charge in [0.15, 0.2) is 11.5 Å². The van der Waals surface area contributed by atoms with Crippen LogP contribution in [0.3, 0.4) is 0 Å². The quantitative estimate of drug-likeness (QED) is 0.571.